The molecule has 0 aliphatic rings. The van der Waals surface area contributed by atoms with Crippen molar-refractivity contribution in [2.75, 3.05) is 0 Å². The van der Waals surface area contributed by atoms with Gasteiger partial charge in [0.1, 0.15) is 6.07 Å². The van der Waals surface area contributed by atoms with Crippen LogP contribution in [-0.4, -0.2) is 0 Å². The van der Waals surface area contributed by atoms with E-state index in [1.54, 1.807) is 0 Å². The molecule has 0 N–H and O–H groups in total. The van der Waals surface area contributed by atoms with E-state index in [0.717, 1.165) is 49.4 Å². The number of benzene rings is 7. The fraction of sp³-hybridized carbons (Fsp3) is 0. The minimum Gasteiger partial charge on any atom is -0.192 e. The smallest absolute Gasteiger partial charge is 0.100 e. The van der Waals surface area contributed by atoms with E-state index in [2.05, 4.69) is 127 Å². The molecule has 7 aromatic carbocycles. The summed E-state index contributed by atoms with van der Waals surface area (Å²) in [5.41, 5.74) is 7.41. The first-order chi connectivity index (χ1) is 18.8. The van der Waals surface area contributed by atoms with Gasteiger partial charge in [-0.15, -0.1) is 0 Å². The predicted molar refractivity (Wildman–Crippen MR) is 160 cm³/mol. The van der Waals surface area contributed by atoms with Gasteiger partial charge >= 0.3 is 0 Å². The van der Waals surface area contributed by atoms with Crippen LogP contribution in [0.25, 0.3) is 65.7 Å². The van der Waals surface area contributed by atoms with Crippen LogP contribution in [-0.2, 0) is 0 Å². The third-order valence-corrected chi connectivity index (χ3v) is 7.50. The Balaban J connectivity index is 1.45. The average Bonchev–Trinajstić information content (AvgIpc) is 3.00. The molecule has 0 fully saturated rings. The Bertz CT molecular complexity index is 2010. The standard InChI is InChI=1S/C37H23N/c38-24-36-33-13-7-6-12-32(33)34-21-20-31(25-8-2-1-3-9-25)23-35(34)37(36)28-17-14-27(15-18-28)30-19-16-26-10-4-5-11-29(26)22-30/h1-23H. The molecule has 0 atom stereocenters. The third-order valence-electron chi connectivity index (χ3n) is 7.50. The molecule has 0 saturated carbocycles. The molecule has 0 aliphatic carbocycles. The quantitative estimate of drug-likeness (QED) is 0.230. The molecule has 38 heavy (non-hydrogen) atoms. The first-order valence-electron chi connectivity index (χ1n) is 12.8. The highest BCUT2D eigenvalue weighted by Gasteiger charge is 2.17. The Kier molecular flexibility index (Phi) is 5.24. The Morgan fingerprint density at radius 3 is 1.71 bits per heavy atom. The lowest BCUT2D eigenvalue weighted by Crippen LogP contribution is -1.92. The second-order valence-electron chi connectivity index (χ2n) is 9.67. The molecule has 0 heterocycles. The molecule has 7 rings (SSSR count). The summed E-state index contributed by atoms with van der Waals surface area (Å²) in [5.74, 6) is 0. The Labute approximate surface area is 221 Å². The van der Waals surface area contributed by atoms with Crippen molar-refractivity contribution in [2.24, 2.45) is 0 Å². The van der Waals surface area contributed by atoms with E-state index in [-0.39, 0.29) is 0 Å². The molecule has 0 amide bonds. The van der Waals surface area contributed by atoms with Crippen molar-refractivity contribution in [2.45, 2.75) is 0 Å². The van der Waals surface area contributed by atoms with Gasteiger partial charge < -0.3 is 0 Å². The Morgan fingerprint density at radius 1 is 0.368 bits per heavy atom. The Morgan fingerprint density at radius 2 is 0.921 bits per heavy atom. The molecule has 0 bridgehead atoms. The van der Waals surface area contributed by atoms with E-state index in [1.165, 1.54) is 21.9 Å². The van der Waals surface area contributed by atoms with Crippen molar-refractivity contribution >= 4 is 32.3 Å². The molecule has 0 unspecified atom stereocenters. The monoisotopic (exact) mass is 481 g/mol. The summed E-state index contributed by atoms with van der Waals surface area (Å²) in [4.78, 5) is 0. The van der Waals surface area contributed by atoms with Gasteiger partial charge in [0.2, 0.25) is 0 Å². The molecule has 0 saturated heterocycles. The van der Waals surface area contributed by atoms with Crippen molar-refractivity contribution in [3.63, 3.8) is 0 Å². The molecule has 176 valence electrons. The minimum atomic E-state index is 0.719. The summed E-state index contributed by atoms with van der Waals surface area (Å²) in [6.07, 6.45) is 0. The van der Waals surface area contributed by atoms with E-state index in [4.69, 9.17) is 0 Å². The molecule has 0 aromatic heterocycles. The fourth-order valence-electron chi connectivity index (χ4n) is 5.62. The maximum absolute atomic E-state index is 10.4. The lowest BCUT2D eigenvalue weighted by Gasteiger charge is -2.16. The minimum absolute atomic E-state index is 0.719. The van der Waals surface area contributed by atoms with Gasteiger partial charge in [-0.25, -0.2) is 0 Å². The third kappa shape index (κ3) is 3.63. The summed E-state index contributed by atoms with van der Waals surface area (Å²) in [6.45, 7) is 0. The van der Waals surface area contributed by atoms with Gasteiger partial charge in [0.15, 0.2) is 0 Å². The van der Waals surface area contributed by atoms with Crippen molar-refractivity contribution in [1.29, 1.82) is 5.26 Å². The van der Waals surface area contributed by atoms with Gasteiger partial charge in [-0.1, -0.05) is 127 Å². The fourth-order valence-corrected chi connectivity index (χ4v) is 5.62. The van der Waals surface area contributed by atoms with Crippen LogP contribution in [0.1, 0.15) is 5.56 Å². The molecular formula is C37H23N. The van der Waals surface area contributed by atoms with Gasteiger partial charge in [-0.05, 0) is 66.9 Å². The summed E-state index contributed by atoms with van der Waals surface area (Å²) >= 11 is 0. The van der Waals surface area contributed by atoms with Gasteiger partial charge in [-0.2, -0.15) is 5.26 Å². The van der Waals surface area contributed by atoms with Crippen LogP contribution < -0.4 is 0 Å². The zero-order valence-electron chi connectivity index (χ0n) is 20.7. The number of nitrogens with zero attached hydrogens (tertiary/aromatic N) is 1. The molecule has 7 aromatic rings. The SMILES string of the molecule is N#Cc1c(-c2ccc(-c3ccc4ccccc4c3)cc2)c2cc(-c3ccccc3)ccc2c2ccccc12. The normalized spacial score (nSPS) is 11.1. The highest BCUT2D eigenvalue weighted by atomic mass is 14.3. The van der Waals surface area contributed by atoms with Gasteiger partial charge in [0.25, 0.3) is 0 Å². The van der Waals surface area contributed by atoms with Crippen molar-refractivity contribution in [1.82, 2.24) is 0 Å². The first-order valence-corrected chi connectivity index (χ1v) is 12.8. The summed E-state index contributed by atoms with van der Waals surface area (Å²) < 4.78 is 0. The largest absolute Gasteiger partial charge is 0.192 e. The van der Waals surface area contributed by atoms with Crippen LogP contribution in [0.2, 0.25) is 0 Å². The summed E-state index contributed by atoms with van der Waals surface area (Å²) in [6, 6.07) is 51.5. The van der Waals surface area contributed by atoms with Crippen LogP contribution in [0.4, 0.5) is 0 Å². The van der Waals surface area contributed by atoms with Gasteiger partial charge in [0.05, 0.1) is 5.56 Å². The number of hydrogen-bond donors (Lipinski definition) is 0. The zero-order valence-corrected chi connectivity index (χ0v) is 20.7. The van der Waals surface area contributed by atoms with E-state index in [9.17, 15) is 5.26 Å². The van der Waals surface area contributed by atoms with Crippen molar-refractivity contribution in [3.05, 3.63) is 145 Å². The highest BCUT2D eigenvalue weighted by Crippen LogP contribution is 2.41. The summed E-state index contributed by atoms with van der Waals surface area (Å²) in [5, 5.41) is 17.2. The second-order valence-corrected chi connectivity index (χ2v) is 9.67. The van der Waals surface area contributed by atoms with E-state index in [1.807, 2.05) is 18.2 Å². The molecule has 1 nitrogen and oxygen atoms in total. The number of rotatable bonds is 3. The maximum atomic E-state index is 10.4. The predicted octanol–water partition coefficient (Wildman–Crippen LogP) is 10.0. The van der Waals surface area contributed by atoms with E-state index < -0.39 is 0 Å². The van der Waals surface area contributed by atoms with Crippen LogP contribution in [0.3, 0.4) is 0 Å². The topological polar surface area (TPSA) is 23.8 Å². The molecule has 1 heteroatoms. The first kappa shape index (κ1) is 22.0. The van der Waals surface area contributed by atoms with Gasteiger partial charge in [0, 0.05) is 10.9 Å². The maximum Gasteiger partial charge on any atom is 0.100 e. The summed E-state index contributed by atoms with van der Waals surface area (Å²) in [7, 11) is 0. The van der Waals surface area contributed by atoms with Crippen LogP contribution >= 0.6 is 0 Å². The zero-order chi connectivity index (χ0) is 25.5. The van der Waals surface area contributed by atoms with Crippen LogP contribution in [0.5, 0.6) is 0 Å². The number of fused-ring (bicyclic) bond motifs is 4. The van der Waals surface area contributed by atoms with E-state index >= 15 is 0 Å². The second kappa shape index (κ2) is 9.04. The van der Waals surface area contributed by atoms with Crippen molar-refractivity contribution in [3.8, 4) is 39.4 Å². The van der Waals surface area contributed by atoms with Crippen LogP contribution in [0, 0.1) is 11.3 Å². The molecule has 0 spiro atoms. The van der Waals surface area contributed by atoms with Crippen LogP contribution in [0.15, 0.2) is 140 Å². The van der Waals surface area contributed by atoms with E-state index in [0.29, 0.717) is 0 Å². The Hall–Kier alpha value is -5.19. The number of hydrogen-bond acceptors (Lipinski definition) is 1. The van der Waals surface area contributed by atoms with Gasteiger partial charge in [-0.3, -0.25) is 0 Å². The highest BCUT2D eigenvalue weighted by molar-refractivity contribution is 6.17. The number of nitriles is 1. The lowest BCUT2D eigenvalue weighted by molar-refractivity contribution is 1.50. The lowest BCUT2D eigenvalue weighted by atomic mass is 9.86. The van der Waals surface area contributed by atoms with Crippen molar-refractivity contribution < 1.29 is 0 Å². The molecule has 0 aliphatic heterocycles. The molecule has 0 radical (unpaired) electrons. The molecular weight excluding hydrogens is 458 g/mol. The average molecular weight is 482 g/mol.